The van der Waals surface area contributed by atoms with Crippen LogP contribution in [0.25, 0.3) is 0 Å². The van der Waals surface area contributed by atoms with Crippen LogP contribution in [0.1, 0.15) is 27.0 Å². The van der Waals surface area contributed by atoms with E-state index < -0.39 is 24.8 Å². The Balaban J connectivity index is 1.80. The first-order chi connectivity index (χ1) is 11.8. The Kier molecular flexibility index (Phi) is 4.77. The number of halogens is 4. The minimum Gasteiger partial charge on any atom is -0.423 e. The summed E-state index contributed by atoms with van der Waals surface area (Å²) < 4.78 is 44.0. The van der Waals surface area contributed by atoms with Crippen LogP contribution in [0.2, 0.25) is 5.02 Å². The summed E-state index contributed by atoms with van der Waals surface area (Å²) in [5, 5.41) is 12.3. The maximum atomic E-state index is 13.0. The summed E-state index contributed by atoms with van der Waals surface area (Å²) in [6.45, 7) is -0.127. The highest BCUT2D eigenvalue weighted by Gasteiger charge is 2.33. The highest BCUT2D eigenvalue weighted by Crippen LogP contribution is 2.31. The third-order valence-electron chi connectivity index (χ3n) is 3.90. The summed E-state index contributed by atoms with van der Waals surface area (Å²) in [5.74, 6) is -0.635. The van der Waals surface area contributed by atoms with Gasteiger partial charge in [-0.25, -0.2) is 0 Å². The molecule has 0 bridgehead atoms. The van der Waals surface area contributed by atoms with Crippen molar-refractivity contribution in [1.82, 2.24) is 5.32 Å². The number of benzene rings is 2. The van der Waals surface area contributed by atoms with E-state index in [1.165, 1.54) is 30.3 Å². The van der Waals surface area contributed by atoms with E-state index in [0.29, 0.717) is 11.0 Å². The maximum Gasteiger partial charge on any atom is 0.491 e. The Morgan fingerprint density at radius 1 is 1.32 bits per heavy atom. The summed E-state index contributed by atoms with van der Waals surface area (Å²) in [7, 11) is -1.15. The van der Waals surface area contributed by atoms with Crippen LogP contribution in [0.4, 0.5) is 13.2 Å². The molecule has 0 unspecified atom stereocenters. The van der Waals surface area contributed by atoms with Gasteiger partial charge in [-0.3, -0.25) is 4.79 Å². The molecule has 0 radical (unpaired) electrons. The minimum atomic E-state index is -4.51. The zero-order valence-corrected chi connectivity index (χ0v) is 13.5. The highest BCUT2D eigenvalue weighted by molar-refractivity contribution is 6.61. The second-order valence-electron chi connectivity index (χ2n) is 5.53. The molecule has 1 aliphatic rings. The van der Waals surface area contributed by atoms with Crippen LogP contribution in [0, 0.1) is 0 Å². The van der Waals surface area contributed by atoms with Gasteiger partial charge in [0.15, 0.2) is 0 Å². The van der Waals surface area contributed by atoms with Crippen molar-refractivity contribution in [1.29, 1.82) is 0 Å². The third-order valence-corrected chi connectivity index (χ3v) is 4.21. The topological polar surface area (TPSA) is 58.6 Å². The van der Waals surface area contributed by atoms with Crippen LogP contribution < -0.4 is 10.8 Å². The minimum absolute atomic E-state index is 0.0519. The molecule has 0 fully saturated rings. The first-order valence-corrected chi connectivity index (χ1v) is 7.70. The Labute approximate surface area is 146 Å². The Morgan fingerprint density at radius 2 is 2.04 bits per heavy atom. The van der Waals surface area contributed by atoms with Gasteiger partial charge in [0.05, 0.1) is 22.8 Å². The first kappa shape index (κ1) is 17.8. The van der Waals surface area contributed by atoms with Crippen molar-refractivity contribution in [2.24, 2.45) is 0 Å². The lowest BCUT2D eigenvalue weighted by atomic mass is 9.78. The molecule has 0 spiro atoms. The summed E-state index contributed by atoms with van der Waals surface area (Å²) in [4.78, 5) is 12.3. The van der Waals surface area contributed by atoms with Crippen molar-refractivity contribution in [3.63, 3.8) is 0 Å². The number of hydrogen-bond acceptors (Lipinski definition) is 3. The van der Waals surface area contributed by atoms with Crippen LogP contribution in [0.3, 0.4) is 0 Å². The van der Waals surface area contributed by atoms with Gasteiger partial charge in [0.2, 0.25) is 0 Å². The number of alkyl halides is 3. The predicted octanol–water partition coefficient (Wildman–Crippen LogP) is 2.51. The Hall–Kier alpha value is -2.03. The van der Waals surface area contributed by atoms with E-state index in [1.54, 1.807) is 0 Å². The lowest BCUT2D eigenvalue weighted by Crippen LogP contribution is -2.31. The largest absolute Gasteiger partial charge is 0.491 e. The molecule has 2 aromatic carbocycles. The van der Waals surface area contributed by atoms with Crippen LogP contribution in [-0.2, 0) is 24.0 Å². The van der Waals surface area contributed by atoms with Gasteiger partial charge in [0.1, 0.15) is 0 Å². The van der Waals surface area contributed by atoms with Gasteiger partial charge < -0.3 is 15.0 Å². The third kappa shape index (κ3) is 3.66. The quantitative estimate of drug-likeness (QED) is 0.818. The van der Waals surface area contributed by atoms with Crippen molar-refractivity contribution in [2.75, 3.05) is 0 Å². The average Bonchev–Trinajstić information content (AvgIpc) is 2.91. The Bertz CT molecular complexity index is 829. The van der Waals surface area contributed by atoms with E-state index in [0.717, 1.165) is 6.07 Å². The van der Waals surface area contributed by atoms with Gasteiger partial charge in [-0.05, 0) is 34.8 Å². The molecular formula is C16H12BClF3NO3. The SMILES string of the molecule is O=C(NCc1ccccc1C(F)(F)F)c1cc2c(cc1Cl)COB2O. The predicted molar refractivity (Wildman–Crippen MR) is 86.5 cm³/mol. The van der Waals surface area contributed by atoms with E-state index in [1.807, 2.05) is 0 Å². The van der Waals surface area contributed by atoms with Crippen molar-refractivity contribution in [3.05, 3.63) is 63.7 Å². The molecule has 0 aromatic heterocycles. The highest BCUT2D eigenvalue weighted by atomic mass is 35.5. The zero-order valence-electron chi connectivity index (χ0n) is 12.7. The van der Waals surface area contributed by atoms with Crippen LogP contribution in [0.15, 0.2) is 36.4 Å². The average molecular weight is 370 g/mol. The van der Waals surface area contributed by atoms with Crippen molar-refractivity contribution >= 4 is 30.1 Å². The van der Waals surface area contributed by atoms with E-state index in [4.69, 9.17) is 16.3 Å². The fourth-order valence-corrected chi connectivity index (χ4v) is 2.91. The molecule has 0 saturated heterocycles. The molecule has 2 aromatic rings. The first-order valence-electron chi connectivity index (χ1n) is 7.32. The van der Waals surface area contributed by atoms with Crippen LogP contribution >= 0.6 is 11.6 Å². The number of hydrogen-bond donors (Lipinski definition) is 2. The van der Waals surface area contributed by atoms with Crippen LogP contribution in [0.5, 0.6) is 0 Å². The number of carbonyl (C=O) groups excluding carboxylic acids is 1. The van der Waals surface area contributed by atoms with Gasteiger partial charge >= 0.3 is 13.3 Å². The standard InChI is InChI=1S/C16H12BClF3NO3/c18-14-5-10-8-25-17(24)13(10)6-11(14)15(23)22-7-9-3-1-2-4-12(9)16(19,20)21/h1-6,24H,7-8H2,(H,22,23). The van der Waals surface area contributed by atoms with Crippen molar-refractivity contribution < 1.29 is 27.6 Å². The van der Waals surface area contributed by atoms with Crippen LogP contribution in [-0.4, -0.2) is 18.0 Å². The number of carbonyl (C=O) groups is 1. The molecule has 3 rings (SSSR count). The molecule has 130 valence electrons. The molecule has 4 nitrogen and oxygen atoms in total. The molecule has 9 heteroatoms. The van der Waals surface area contributed by atoms with Gasteiger partial charge in [-0.15, -0.1) is 0 Å². The van der Waals surface area contributed by atoms with E-state index >= 15 is 0 Å². The second kappa shape index (κ2) is 6.70. The molecule has 1 aliphatic heterocycles. The van der Waals surface area contributed by atoms with Gasteiger partial charge in [0, 0.05) is 6.54 Å². The number of fused-ring (bicyclic) bond motifs is 1. The molecule has 25 heavy (non-hydrogen) atoms. The fraction of sp³-hybridized carbons (Fsp3) is 0.188. The van der Waals surface area contributed by atoms with E-state index in [2.05, 4.69) is 5.32 Å². The molecule has 0 atom stereocenters. The van der Waals surface area contributed by atoms with E-state index in [-0.39, 0.29) is 29.3 Å². The summed E-state index contributed by atoms with van der Waals surface area (Å²) in [6, 6.07) is 7.90. The maximum absolute atomic E-state index is 13.0. The summed E-state index contributed by atoms with van der Waals surface area (Å²) in [5.41, 5.74) is 0.291. The van der Waals surface area contributed by atoms with Crippen molar-refractivity contribution in [2.45, 2.75) is 19.3 Å². The molecule has 0 saturated carbocycles. The summed E-state index contributed by atoms with van der Waals surface area (Å²) in [6.07, 6.45) is -4.51. The van der Waals surface area contributed by atoms with Gasteiger partial charge in [-0.2, -0.15) is 13.2 Å². The monoisotopic (exact) mass is 369 g/mol. The Morgan fingerprint density at radius 3 is 2.76 bits per heavy atom. The molecule has 2 N–H and O–H groups in total. The normalized spacial score (nSPS) is 13.7. The van der Waals surface area contributed by atoms with E-state index in [9.17, 15) is 23.0 Å². The molecule has 1 amide bonds. The van der Waals surface area contributed by atoms with Gasteiger partial charge in [-0.1, -0.05) is 29.8 Å². The zero-order chi connectivity index (χ0) is 18.2. The fourth-order valence-electron chi connectivity index (χ4n) is 2.64. The number of nitrogens with one attached hydrogen (secondary N) is 1. The number of amides is 1. The smallest absolute Gasteiger partial charge is 0.423 e. The second-order valence-corrected chi connectivity index (χ2v) is 5.94. The molecule has 1 heterocycles. The molecular weight excluding hydrogens is 357 g/mol. The lowest BCUT2D eigenvalue weighted by molar-refractivity contribution is -0.138. The number of rotatable bonds is 3. The van der Waals surface area contributed by atoms with Crippen molar-refractivity contribution in [3.8, 4) is 0 Å². The summed E-state index contributed by atoms with van der Waals surface area (Å²) >= 11 is 6.06. The van der Waals surface area contributed by atoms with Gasteiger partial charge in [0.25, 0.3) is 5.91 Å². The lowest BCUT2D eigenvalue weighted by Gasteiger charge is -2.14. The molecule has 0 aliphatic carbocycles.